The molecular weight excluding hydrogens is 433 g/mol. The summed E-state index contributed by atoms with van der Waals surface area (Å²) in [6.45, 7) is 0. The van der Waals surface area contributed by atoms with Crippen molar-refractivity contribution in [3.63, 3.8) is 0 Å². The van der Waals surface area contributed by atoms with E-state index >= 15 is 0 Å². The molecule has 0 fully saturated rings. The Morgan fingerprint density at radius 1 is 0.900 bits per heavy atom. The summed E-state index contributed by atoms with van der Waals surface area (Å²) in [5.41, 5.74) is -1.03. The van der Waals surface area contributed by atoms with E-state index in [1.165, 1.54) is 0 Å². The van der Waals surface area contributed by atoms with Gasteiger partial charge in [-0.05, 0) is 12.1 Å². The number of carbonyl (C=O) groups is 1. The van der Waals surface area contributed by atoms with Gasteiger partial charge in [-0.1, -0.05) is 0 Å². The smallest absolute Gasteiger partial charge is 0.493 e. The summed E-state index contributed by atoms with van der Waals surface area (Å²) in [5.74, 6) is -7.68. The van der Waals surface area contributed by atoms with E-state index in [1.54, 1.807) is 0 Å². The normalized spacial score (nSPS) is 13.5. The van der Waals surface area contributed by atoms with Gasteiger partial charge in [0.15, 0.2) is 11.5 Å². The van der Waals surface area contributed by atoms with Gasteiger partial charge >= 0.3 is 18.7 Å². The zero-order chi connectivity index (χ0) is 25.2. The second-order valence-electron chi connectivity index (χ2n) is 5.18. The molecule has 0 aromatic heterocycles. The van der Waals surface area contributed by atoms with E-state index in [-0.39, 0.29) is 6.07 Å². The number of carbonyl (C=O) groups excluding carboxylic acids is 1. The van der Waals surface area contributed by atoms with Crippen LogP contribution in [-0.2, 0) is 4.74 Å². The minimum absolute atomic E-state index is 0.201. The number of alkyl halides is 6. The molecule has 0 unspecified atom stereocenters. The molecule has 13 heteroatoms. The number of halogens is 7. The first-order valence-electron chi connectivity index (χ1n) is 8.92. The third-order valence-corrected chi connectivity index (χ3v) is 3.13. The van der Waals surface area contributed by atoms with Crippen molar-refractivity contribution >= 4 is 5.97 Å². The quantitative estimate of drug-likeness (QED) is 0.448. The molecule has 0 radical (unpaired) electrons. The third-order valence-electron chi connectivity index (χ3n) is 3.13. The van der Waals surface area contributed by atoms with E-state index in [4.69, 9.17) is 8.85 Å². The summed E-state index contributed by atoms with van der Waals surface area (Å²) < 4.78 is 132. The summed E-state index contributed by atoms with van der Waals surface area (Å²) in [7, 11) is -2.41. The monoisotopic (exact) mass is 447 g/mol. The Morgan fingerprint density at radius 2 is 1.50 bits per heavy atom. The van der Waals surface area contributed by atoms with Crippen LogP contribution >= 0.6 is 0 Å². The van der Waals surface area contributed by atoms with Gasteiger partial charge < -0.3 is 23.7 Å². The largest absolute Gasteiger partial charge is 0.573 e. The predicted octanol–water partition coefficient (Wildman–Crippen LogP) is 5.21. The number of hydrogen-bond donors (Lipinski definition) is 0. The summed E-state index contributed by atoms with van der Waals surface area (Å²) in [6, 6.07) is 2.38. The summed E-state index contributed by atoms with van der Waals surface area (Å²) in [6.07, 6.45) is -10.4. The van der Waals surface area contributed by atoms with Crippen LogP contribution in [0.1, 0.15) is 14.5 Å². The van der Waals surface area contributed by atoms with Gasteiger partial charge in [0, 0.05) is 18.2 Å². The lowest BCUT2D eigenvalue weighted by Crippen LogP contribution is -2.18. The van der Waals surface area contributed by atoms with Crippen LogP contribution in [0.15, 0.2) is 30.3 Å². The van der Waals surface area contributed by atoms with Crippen LogP contribution in [0.4, 0.5) is 30.7 Å². The molecule has 0 saturated carbocycles. The van der Waals surface area contributed by atoms with Gasteiger partial charge in [0.25, 0.3) is 0 Å². The number of rotatable bonds is 6. The Kier molecular flexibility index (Phi) is 5.31. The lowest BCUT2D eigenvalue weighted by Gasteiger charge is -2.16. The Bertz CT molecular complexity index is 1020. The zero-order valence-electron chi connectivity index (χ0n) is 17.5. The van der Waals surface area contributed by atoms with Crippen molar-refractivity contribution in [3.8, 4) is 28.7 Å². The van der Waals surface area contributed by atoms with Gasteiger partial charge in [0.05, 0.1) is 18.3 Å². The van der Waals surface area contributed by atoms with Crippen molar-refractivity contribution < 1.29 is 63.3 Å². The number of ether oxygens (including phenoxy) is 5. The average Bonchev–Trinajstić information content (AvgIpc) is 2.59. The second-order valence-corrected chi connectivity index (χ2v) is 5.18. The average molecular weight is 447 g/mol. The highest BCUT2D eigenvalue weighted by Gasteiger charge is 2.33. The molecule has 0 aliphatic heterocycles. The standard InChI is InChI=1S/C17H11F7O6/c1-26-12-6-8(29-16(19,20)21)3-4-11(12)28-13-7-9(30-17(22,23)24)5-10(18)14(13)15(25)27-2/h3-7H,1-2H3/i1D3. The maximum absolute atomic E-state index is 14.4. The number of esters is 1. The molecule has 0 atom stereocenters. The molecule has 2 aromatic carbocycles. The second kappa shape index (κ2) is 8.55. The molecule has 0 saturated heterocycles. The van der Waals surface area contributed by atoms with E-state index in [9.17, 15) is 35.5 Å². The van der Waals surface area contributed by atoms with Gasteiger partial charge in [0.1, 0.15) is 28.6 Å². The van der Waals surface area contributed by atoms with E-state index < -0.39 is 65.9 Å². The zero-order valence-corrected chi connectivity index (χ0v) is 14.5. The molecule has 0 spiro atoms. The molecule has 0 aliphatic rings. The summed E-state index contributed by atoms with van der Waals surface area (Å²) in [5, 5.41) is 0. The highest BCUT2D eigenvalue weighted by molar-refractivity contribution is 5.93. The number of hydrogen-bond acceptors (Lipinski definition) is 6. The minimum atomic E-state index is -5.26. The lowest BCUT2D eigenvalue weighted by molar-refractivity contribution is -0.275. The van der Waals surface area contributed by atoms with Crippen molar-refractivity contribution in [2.75, 3.05) is 14.1 Å². The summed E-state index contributed by atoms with van der Waals surface area (Å²) in [4.78, 5) is 11.9. The van der Waals surface area contributed by atoms with Gasteiger partial charge in [0.2, 0.25) is 0 Å². The van der Waals surface area contributed by atoms with Gasteiger partial charge in [-0.25, -0.2) is 9.18 Å². The van der Waals surface area contributed by atoms with Crippen molar-refractivity contribution in [1.82, 2.24) is 0 Å². The van der Waals surface area contributed by atoms with Crippen molar-refractivity contribution in [3.05, 3.63) is 41.7 Å². The molecule has 2 rings (SSSR count). The van der Waals surface area contributed by atoms with E-state index in [1.807, 2.05) is 0 Å². The molecule has 0 N–H and O–H groups in total. The number of benzene rings is 2. The fourth-order valence-corrected chi connectivity index (χ4v) is 2.10. The number of methoxy groups -OCH3 is 2. The molecular formula is C17H11F7O6. The molecule has 0 bridgehead atoms. The van der Waals surface area contributed by atoms with E-state index in [2.05, 4.69) is 18.9 Å². The van der Waals surface area contributed by atoms with Crippen LogP contribution in [-0.4, -0.2) is 32.8 Å². The molecule has 0 amide bonds. The fourth-order valence-electron chi connectivity index (χ4n) is 2.10. The van der Waals surface area contributed by atoms with Crippen molar-refractivity contribution in [2.24, 2.45) is 0 Å². The maximum Gasteiger partial charge on any atom is 0.573 e. The molecule has 0 heterocycles. The molecule has 30 heavy (non-hydrogen) atoms. The van der Waals surface area contributed by atoms with Crippen LogP contribution < -0.4 is 18.9 Å². The predicted molar refractivity (Wildman–Crippen MR) is 84.2 cm³/mol. The van der Waals surface area contributed by atoms with E-state index in [0.29, 0.717) is 24.3 Å². The third kappa shape index (κ3) is 6.06. The van der Waals surface area contributed by atoms with Crippen LogP contribution in [0.3, 0.4) is 0 Å². The van der Waals surface area contributed by atoms with Crippen LogP contribution in [0, 0.1) is 5.82 Å². The van der Waals surface area contributed by atoms with Crippen molar-refractivity contribution in [1.29, 1.82) is 0 Å². The van der Waals surface area contributed by atoms with Gasteiger partial charge in [-0.2, -0.15) is 0 Å². The van der Waals surface area contributed by atoms with Crippen LogP contribution in [0.5, 0.6) is 28.7 Å². The first kappa shape index (κ1) is 18.6. The molecule has 164 valence electrons. The first-order valence-corrected chi connectivity index (χ1v) is 7.42. The minimum Gasteiger partial charge on any atom is -0.493 e. The Hall–Kier alpha value is -3.38. The maximum atomic E-state index is 14.4. The Morgan fingerprint density at radius 3 is 2.07 bits per heavy atom. The first-order chi connectivity index (χ1) is 15.0. The highest BCUT2D eigenvalue weighted by Crippen LogP contribution is 2.40. The Labute approximate surface area is 167 Å². The van der Waals surface area contributed by atoms with Gasteiger partial charge in [-0.3, -0.25) is 0 Å². The Balaban J connectivity index is 2.59. The topological polar surface area (TPSA) is 63.2 Å². The lowest BCUT2D eigenvalue weighted by atomic mass is 10.1. The van der Waals surface area contributed by atoms with Crippen LogP contribution in [0.2, 0.25) is 0 Å². The SMILES string of the molecule is [2H]C([2H])([2H])Oc1cc(OC(F)(F)F)ccc1Oc1cc(OC(F)(F)F)cc(F)c1C(=O)OC. The van der Waals surface area contributed by atoms with Crippen LogP contribution in [0.25, 0.3) is 0 Å². The molecule has 2 aromatic rings. The fraction of sp³-hybridized carbons (Fsp3) is 0.235. The van der Waals surface area contributed by atoms with E-state index in [0.717, 1.165) is 7.11 Å². The van der Waals surface area contributed by atoms with Crippen molar-refractivity contribution in [2.45, 2.75) is 12.7 Å². The molecule has 6 nitrogen and oxygen atoms in total. The molecule has 0 aliphatic carbocycles. The highest BCUT2D eigenvalue weighted by atomic mass is 19.4. The summed E-state index contributed by atoms with van der Waals surface area (Å²) >= 11 is 0. The van der Waals surface area contributed by atoms with Gasteiger partial charge in [-0.15, -0.1) is 26.3 Å².